The van der Waals surface area contributed by atoms with E-state index in [0.29, 0.717) is 0 Å². The van der Waals surface area contributed by atoms with Crippen LogP contribution in [0.3, 0.4) is 0 Å². The Morgan fingerprint density at radius 3 is 0.684 bits per heavy atom. The van der Waals surface area contributed by atoms with E-state index in [4.69, 9.17) is 0 Å². The SMILES string of the molecule is C[Si](C)(C)[N]([GeH2][N]([Si](C)(C)C)[Si](C)(C)C)[Si](C)(C)C. The van der Waals surface area contributed by atoms with Gasteiger partial charge in [0.15, 0.2) is 0 Å². The molecular formula is C12H38GeN2Si4. The van der Waals surface area contributed by atoms with Crippen molar-refractivity contribution in [3.05, 3.63) is 0 Å². The zero-order valence-corrected chi connectivity index (χ0v) is 22.6. The standard InChI is InChI=1S/C12H38GeN2Si4/c1-16(2,3)14(17(4,5)6)13-15(18(7,8)9)19(10,11)12/h13H2,1-12H3. The molecule has 0 aliphatic rings. The molecule has 0 aromatic carbocycles. The summed E-state index contributed by atoms with van der Waals surface area (Å²) in [5.74, 6) is 0. The van der Waals surface area contributed by atoms with Crippen LogP contribution in [0.15, 0.2) is 0 Å². The predicted octanol–water partition coefficient (Wildman–Crippen LogP) is 3.93. The van der Waals surface area contributed by atoms with Crippen molar-refractivity contribution in [3.8, 4) is 0 Å². The summed E-state index contributed by atoms with van der Waals surface area (Å²) in [5, 5.41) is 0. The number of hydrogen-bond donors (Lipinski definition) is 0. The van der Waals surface area contributed by atoms with Gasteiger partial charge in [0.2, 0.25) is 0 Å². The van der Waals surface area contributed by atoms with Crippen LogP contribution >= 0.6 is 0 Å². The molecule has 0 fully saturated rings. The van der Waals surface area contributed by atoms with Crippen LogP contribution in [0.5, 0.6) is 0 Å². The van der Waals surface area contributed by atoms with E-state index in [0.717, 1.165) is 0 Å². The Bertz CT molecular complexity index is 239. The molecule has 0 amide bonds. The van der Waals surface area contributed by atoms with Crippen LogP contribution < -0.4 is 0 Å². The summed E-state index contributed by atoms with van der Waals surface area (Å²) in [6.07, 6.45) is 0. The van der Waals surface area contributed by atoms with Gasteiger partial charge < -0.3 is 0 Å². The summed E-state index contributed by atoms with van der Waals surface area (Å²) in [7, 11) is -4.65. The van der Waals surface area contributed by atoms with Gasteiger partial charge in [-0.2, -0.15) is 0 Å². The fraction of sp³-hybridized carbons (Fsp3) is 1.00. The van der Waals surface area contributed by atoms with E-state index in [2.05, 4.69) is 84.9 Å². The Morgan fingerprint density at radius 2 is 0.579 bits per heavy atom. The van der Waals surface area contributed by atoms with Crippen molar-refractivity contribution < 1.29 is 0 Å². The fourth-order valence-electron chi connectivity index (χ4n) is 3.00. The Hall–Kier alpha value is 1.33. The molecule has 0 atom stereocenters. The molecule has 0 aliphatic carbocycles. The second-order valence-electron chi connectivity index (χ2n) is 9.68. The van der Waals surface area contributed by atoms with E-state index in [1.54, 1.807) is 0 Å². The van der Waals surface area contributed by atoms with Crippen LogP contribution in [0, 0.1) is 0 Å². The van der Waals surface area contributed by atoms with Crippen LogP contribution in [-0.2, 0) is 0 Å². The Morgan fingerprint density at radius 1 is 0.421 bits per heavy atom. The predicted molar refractivity (Wildman–Crippen MR) is 106 cm³/mol. The molecule has 0 aliphatic heterocycles. The average molecular weight is 395 g/mol. The molecule has 19 heavy (non-hydrogen) atoms. The molecule has 0 rings (SSSR count). The van der Waals surface area contributed by atoms with E-state index in [-0.39, 0.29) is 0 Å². The van der Waals surface area contributed by atoms with Crippen molar-refractivity contribution in [2.75, 3.05) is 0 Å². The molecule has 2 nitrogen and oxygen atoms in total. The quantitative estimate of drug-likeness (QED) is 0.629. The number of nitrogens with zero attached hydrogens (tertiary/aromatic N) is 2. The zero-order valence-electron chi connectivity index (χ0n) is 15.6. The Labute approximate surface area is 133 Å². The molecule has 0 radical (unpaired) electrons. The van der Waals surface area contributed by atoms with Crippen LogP contribution in [-0.4, -0.2) is 55.2 Å². The first kappa shape index (κ1) is 20.3. The second-order valence-corrected chi connectivity index (χ2v) is 38.7. The molecule has 0 saturated heterocycles. The average Bonchev–Trinajstić information content (AvgIpc) is 1.91. The van der Waals surface area contributed by atoms with E-state index < -0.39 is 48.8 Å². The monoisotopic (exact) mass is 396 g/mol. The summed E-state index contributed by atoms with van der Waals surface area (Å²) in [6, 6.07) is 0. The summed E-state index contributed by atoms with van der Waals surface area (Å²) < 4.78 is 6.26. The van der Waals surface area contributed by atoms with Crippen molar-refractivity contribution in [2.24, 2.45) is 0 Å². The van der Waals surface area contributed by atoms with Crippen molar-refractivity contribution in [2.45, 2.75) is 78.6 Å². The van der Waals surface area contributed by atoms with Crippen molar-refractivity contribution in [1.29, 1.82) is 0 Å². The summed E-state index contributed by atoms with van der Waals surface area (Å²) >= 11 is -0.788. The number of hydrogen-bond acceptors (Lipinski definition) is 2. The second kappa shape index (κ2) is 6.21. The Kier molecular flexibility index (Phi) is 6.65. The molecular weight excluding hydrogens is 357 g/mol. The summed E-state index contributed by atoms with van der Waals surface area (Å²) in [5.41, 5.74) is 0. The molecule has 116 valence electrons. The van der Waals surface area contributed by atoms with E-state index in [1.165, 1.54) is 0 Å². The van der Waals surface area contributed by atoms with Crippen molar-refractivity contribution >= 4 is 48.8 Å². The van der Waals surface area contributed by atoms with Gasteiger partial charge in [0.1, 0.15) is 0 Å². The zero-order chi connectivity index (χ0) is 15.9. The summed E-state index contributed by atoms with van der Waals surface area (Å²) in [4.78, 5) is 0. The molecule has 0 aromatic rings. The summed E-state index contributed by atoms with van der Waals surface area (Å²) in [6.45, 7) is 30.7. The van der Waals surface area contributed by atoms with Gasteiger partial charge >= 0.3 is 134 Å². The van der Waals surface area contributed by atoms with Gasteiger partial charge in [0, 0.05) is 0 Å². The van der Waals surface area contributed by atoms with Crippen LogP contribution in [0.1, 0.15) is 0 Å². The molecule has 0 saturated carbocycles. The normalized spacial score (nSPS) is 15.5. The third-order valence-corrected chi connectivity index (χ3v) is 46.1. The van der Waals surface area contributed by atoms with Gasteiger partial charge in [-0.05, 0) is 0 Å². The molecule has 0 spiro atoms. The molecule has 0 heterocycles. The van der Waals surface area contributed by atoms with Gasteiger partial charge in [0.25, 0.3) is 0 Å². The van der Waals surface area contributed by atoms with Crippen LogP contribution in [0.25, 0.3) is 0 Å². The molecule has 0 aromatic heterocycles. The van der Waals surface area contributed by atoms with Gasteiger partial charge in [0.05, 0.1) is 0 Å². The van der Waals surface area contributed by atoms with Gasteiger partial charge in [-0.1, -0.05) is 0 Å². The molecule has 0 N–H and O–H groups in total. The first-order chi connectivity index (χ1) is 7.97. The molecule has 7 heteroatoms. The van der Waals surface area contributed by atoms with E-state index in [1.807, 2.05) is 0 Å². The first-order valence-corrected chi connectivity index (χ1v) is 24.0. The van der Waals surface area contributed by atoms with Crippen molar-refractivity contribution in [1.82, 2.24) is 6.38 Å². The topological polar surface area (TPSA) is 6.48 Å². The maximum atomic E-state index is 3.13. The Balaban J connectivity index is 5.43. The van der Waals surface area contributed by atoms with Gasteiger partial charge in [-0.25, -0.2) is 0 Å². The fourth-order valence-corrected chi connectivity index (χ4v) is 38.0. The van der Waals surface area contributed by atoms with Gasteiger partial charge in [-0.3, -0.25) is 0 Å². The third kappa shape index (κ3) is 6.75. The first-order valence-electron chi connectivity index (χ1n) is 7.53. The minimum atomic E-state index is -1.16. The number of rotatable bonds is 6. The molecule has 0 bridgehead atoms. The third-order valence-electron chi connectivity index (χ3n) is 3.52. The minimum absolute atomic E-state index is 0.788. The molecule has 0 unspecified atom stereocenters. The van der Waals surface area contributed by atoms with E-state index in [9.17, 15) is 0 Å². The maximum absolute atomic E-state index is 3.13. The van der Waals surface area contributed by atoms with E-state index >= 15 is 0 Å². The van der Waals surface area contributed by atoms with Crippen molar-refractivity contribution in [3.63, 3.8) is 0 Å². The van der Waals surface area contributed by atoms with Gasteiger partial charge in [-0.15, -0.1) is 0 Å². The van der Waals surface area contributed by atoms with Crippen LogP contribution in [0.4, 0.5) is 0 Å². The van der Waals surface area contributed by atoms with Crippen LogP contribution in [0.2, 0.25) is 78.6 Å².